The minimum absolute atomic E-state index is 0.107. The third-order valence-corrected chi connectivity index (χ3v) is 6.27. The molecular formula is C26H32N4O4. The first kappa shape index (κ1) is 23.6. The second kappa shape index (κ2) is 11.0. The van der Waals surface area contributed by atoms with Crippen molar-refractivity contribution >= 4 is 11.6 Å². The predicted octanol–water partition coefficient (Wildman–Crippen LogP) is 4.24. The molecule has 0 unspecified atom stereocenters. The zero-order chi connectivity index (χ0) is 23.9. The number of carbonyl (C=O) groups is 1. The van der Waals surface area contributed by atoms with Gasteiger partial charge in [-0.1, -0.05) is 12.1 Å². The smallest absolute Gasteiger partial charge is 0.227 e. The summed E-state index contributed by atoms with van der Waals surface area (Å²) in [5, 5.41) is 6.99. The molecule has 1 N–H and O–H groups in total. The Labute approximate surface area is 200 Å². The highest BCUT2D eigenvalue weighted by Crippen LogP contribution is 2.26. The first-order valence-electron chi connectivity index (χ1n) is 11.7. The van der Waals surface area contributed by atoms with E-state index in [4.69, 9.17) is 14.0 Å². The highest BCUT2D eigenvalue weighted by molar-refractivity contribution is 5.76. The van der Waals surface area contributed by atoms with Crippen molar-refractivity contribution < 1.29 is 18.8 Å². The van der Waals surface area contributed by atoms with Crippen LogP contribution < -0.4 is 19.7 Å². The van der Waals surface area contributed by atoms with Gasteiger partial charge in [0.15, 0.2) is 0 Å². The number of hydrogen-bond acceptors (Lipinski definition) is 7. The molecule has 0 radical (unpaired) electrons. The van der Waals surface area contributed by atoms with Gasteiger partial charge in [0, 0.05) is 49.3 Å². The van der Waals surface area contributed by atoms with Crippen LogP contribution in [0.15, 0.2) is 47.0 Å². The van der Waals surface area contributed by atoms with E-state index in [1.54, 1.807) is 14.2 Å². The second-order valence-corrected chi connectivity index (χ2v) is 8.68. The van der Waals surface area contributed by atoms with Gasteiger partial charge in [0.2, 0.25) is 17.6 Å². The first-order valence-corrected chi connectivity index (χ1v) is 11.7. The average molecular weight is 465 g/mol. The predicted molar refractivity (Wildman–Crippen MR) is 130 cm³/mol. The third kappa shape index (κ3) is 5.87. The maximum absolute atomic E-state index is 12.4. The Kier molecular flexibility index (Phi) is 7.67. The number of aryl methyl sites for hydroxylation is 1. The van der Waals surface area contributed by atoms with Crippen LogP contribution in [-0.4, -0.2) is 43.4 Å². The molecule has 8 nitrogen and oxygen atoms in total. The van der Waals surface area contributed by atoms with Gasteiger partial charge in [-0.2, -0.15) is 4.98 Å². The lowest BCUT2D eigenvalue weighted by atomic mass is 9.98. The number of amides is 1. The van der Waals surface area contributed by atoms with E-state index in [1.165, 1.54) is 18.5 Å². The standard InChI is InChI=1S/C26H32N4O4/c1-18-12-14-30(15-13-18)21-6-4-19(5-7-21)26-28-25(34-29-26)11-10-24(31)27-17-20-16-22(32-2)8-9-23(20)33-3/h4-9,16,18H,10-15,17H2,1-3H3,(H,27,31). The second-order valence-electron chi connectivity index (χ2n) is 8.68. The summed E-state index contributed by atoms with van der Waals surface area (Å²) in [5.74, 6) is 3.09. The summed E-state index contributed by atoms with van der Waals surface area (Å²) < 4.78 is 16.0. The van der Waals surface area contributed by atoms with E-state index >= 15 is 0 Å². The molecule has 0 saturated carbocycles. The van der Waals surface area contributed by atoms with Crippen molar-refractivity contribution in [3.05, 3.63) is 53.9 Å². The van der Waals surface area contributed by atoms with E-state index in [0.717, 1.165) is 30.1 Å². The van der Waals surface area contributed by atoms with Crippen LogP contribution in [0.5, 0.6) is 11.5 Å². The van der Waals surface area contributed by atoms with Gasteiger partial charge in [-0.15, -0.1) is 0 Å². The summed E-state index contributed by atoms with van der Waals surface area (Å²) in [5.41, 5.74) is 2.97. The SMILES string of the molecule is COc1ccc(OC)c(CNC(=O)CCc2nc(-c3ccc(N4CCC(C)CC4)cc3)no2)c1. The van der Waals surface area contributed by atoms with Crippen molar-refractivity contribution in [2.75, 3.05) is 32.2 Å². The lowest BCUT2D eigenvalue weighted by molar-refractivity contribution is -0.121. The Morgan fingerprint density at radius 2 is 1.88 bits per heavy atom. The van der Waals surface area contributed by atoms with Crippen LogP contribution in [0, 0.1) is 5.92 Å². The number of methoxy groups -OCH3 is 2. The summed E-state index contributed by atoms with van der Waals surface area (Å²) in [6.07, 6.45) is 3.09. The highest BCUT2D eigenvalue weighted by atomic mass is 16.5. The number of hydrogen-bond donors (Lipinski definition) is 1. The number of nitrogens with one attached hydrogen (secondary N) is 1. The van der Waals surface area contributed by atoms with E-state index in [2.05, 4.69) is 39.4 Å². The van der Waals surface area contributed by atoms with Crippen molar-refractivity contribution in [3.8, 4) is 22.9 Å². The molecule has 1 fully saturated rings. The van der Waals surface area contributed by atoms with Gasteiger partial charge in [-0.3, -0.25) is 4.79 Å². The average Bonchev–Trinajstić information content (AvgIpc) is 3.35. The number of benzene rings is 2. The Balaban J connectivity index is 1.28. The van der Waals surface area contributed by atoms with Gasteiger partial charge in [-0.25, -0.2) is 0 Å². The Hall–Kier alpha value is -3.55. The van der Waals surface area contributed by atoms with Crippen LogP contribution >= 0.6 is 0 Å². The highest BCUT2D eigenvalue weighted by Gasteiger charge is 2.17. The van der Waals surface area contributed by atoms with Crippen molar-refractivity contribution in [2.45, 2.75) is 39.2 Å². The van der Waals surface area contributed by atoms with E-state index in [-0.39, 0.29) is 12.3 Å². The van der Waals surface area contributed by atoms with E-state index < -0.39 is 0 Å². The number of piperidine rings is 1. The molecule has 1 aromatic heterocycles. The van der Waals surface area contributed by atoms with E-state index in [1.807, 2.05) is 30.3 Å². The summed E-state index contributed by atoms with van der Waals surface area (Å²) >= 11 is 0. The molecule has 1 aliphatic heterocycles. The van der Waals surface area contributed by atoms with Crippen LogP contribution in [0.4, 0.5) is 5.69 Å². The third-order valence-electron chi connectivity index (χ3n) is 6.27. The molecule has 34 heavy (non-hydrogen) atoms. The first-order chi connectivity index (χ1) is 16.6. The quantitative estimate of drug-likeness (QED) is 0.507. The maximum atomic E-state index is 12.4. The number of anilines is 1. The zero-order valence-corrected chi connectivity index (χ0v) is 20.0. The molecule has 180 valence electrons. The largest absolute Gasteiger partial charge is 0.497 e. The summed E-state index contributed by atoms with van der Waals surface area (Å²) in [4.78, 5) is 19.2. The fourth-order valence-corrected chi connectivity index (χ4v) is 4.08. The molecular weight excluding hydrogens is 432 g/mol. The molecule has 0 atom stereocenters. The topological polar surface area (TPSA) is 89.7 Å². The minimum Gasteiger partial charge on any atom is -0.497 e. The van der Waals surface area contributed by atoms with Crippen molar-refractivity contribution in [2.24, 2.45) is 5.92 Å². The number of rotatable bonds is 9. The Bertz CT molecular complexity index is 1090. The van der Waals surface area contributed by atoms with Crippen LogP contribution in [0.2, 0.25) is 0 Å². The van der Waals surface area contributed by atoms with Crippen molar-refractivity contribution in [3.63, 3.8) is 0 Å². The molecule has 1 saturated heterocycles. The molecule has 0 aliphatic carbocycles. The van der Waals surface area contributed by atoms with Crippen LogP contribution in [0.1, 0.15) is 37.6 Å². The minimum atomic E-state index is -0.107. The molecule has 2 heterocycles. The Morgan fingerprint density at radius 3 is 2.59 bits per heavy atom. The summed E-state index contributed by atoms with van der Waals surface area (Å²) in [7, 11) is 3.20. The van der Waals surface area contributed by atoms with Gasteiger partial charge >= 0.3 is 0 Å². The Morgan fingerprint density at radius 1 is 1.12 bits per heavy atom. The molecule has 1 amide bonds. The normalized spacial score (nSPS) is 14.1. The molecule has 8 heteroatoms. The van der Waals surface area contributed by atoms with Gasteiger partial charge in [0.1, 0.15) is 11.5 Å². The van der Waals surface area contributed by atoms with Gasteiger partial charge < -0.3 is 24.2 Å². The summed E-state index contributed by atoms with van der Waals surface area (Å²) in [6.45, 7) is 4.85. The monoisotopic (exact) mass is 464 g/mol. The number of aromatic nitrogens is 2. The molecule has 3 aromatic rings. The van der Waals surface area contributed by atoms with Crippen molar-refractivity contribution in [1.82, 2.24) is 15.5 Å². The number of nitrogens with zero attached hydrogens (tertiary/aromatic N) is 3. The molecule has 4 rings (SSSR count). The van der Waals surface area contributed by atoms with Gasteiger partial charge in [0.05, 0.1) is 14.2 Å². The zero-order valence-electron chi connectivity index (χ0n) is 20.0. The summed E-state index contributed by atoms with van der Waals surface area (Å²) in [6, 6.07) is 13.8. The van der Waals surface area contributed by atoms with E-state index in [0.29, 0.717) is 36.2 Å². The van der Waals surface area contributed by atoms with E-state index in [9.17, 15) is 4.79 Å². The van der Waals surface area contributed by atoms with Crippen LogP contribution in [0.25, 0.3) is 11.4 Å². The fraction of sp³-hybridized carbons (Fsp3) is 0.423. The molecule has 1 aliphatic rings. The van der Waals surface area contributed by atoms with Crippen molar-refractivity contribution in [1.29, 1.82) is 0 Å². The molecule has 0 spiro atoms. The van der Waals surface area contributed by atoms with Gasteiger partial charge in [0.25, 0.3) is 0 Å². The van der Waals surface area contributed by atoms with Gasteiger partial charge in [-0.05, 0) is 61.2 Å². The molecule has 2 aromatic carbocycles. The lowest BCUT2D eigenvalue weighted by Crippen LogP contribution is -2.32. The van der Waals surface area contributed by atoms with Crippen LogP contribution in [0.3, 0.4) is 0 Å². The lowest BCUT2D eigenvalue weighted by Gasteiger charge is -2.32. The number of ether oxygens (including phenoxy) is 2. The number of carbonyl (C=O) groups excluding carboxylic acids is 1. The van der Waals surface area contributed by atoms with Crippen LogP contribution in [-0.2, 0) is 17.8 Å². The maximum Gasteiger partial charge on any atom is 0.227 e. The fourth-order valence-electron chi connectivity index (χ4n) is 4.08. The molecule has 0 bridgehead atoms.